The highest BCUT2D eigenvalue weighted by atomic mass is 35.5. The first-order valence-corrected chi connectivity index (χ1v) is 15.1. The van der Waals surface area contributed by atoms with Crippen LogP contribution in [0.25, 0.3) is 0 Å². The summed E-state index contributed by atoms with van der Waals surface area (Å²) in [6, 6.07) is 10.7. The van der Waals surface area contributed by atoms with Crippen LogP contribution < -0.4 is 19.5 Å². The summed E-state index contributed by atoms with van der Waals surface area (Å²) in [5.41, 5.74) is 1.04. The lowest BCUT2D eigenvalue weighted by atomic mass is 9.93. The molecule has 2 aromatic rings. The zero-order valence-corrected chi connectivity index (χ0v) is 26.1. The van der Waals surface area contributed by atoms with Crippen molar-refractivity contribution in [2.45, 2.75) is 45.2 Å². The molecule has 2 atom stereocenters. The molecule has 1 heterocycles. The van der Waals surface area contributed by atoms with Crippen LogP contribution in [0.2, 0.25) is 5.02 Å². The zero-order chi connectivity index (χ0) is 30.2. The highest BCUT2D eigenvalue weighted by Gasteiger charge is 2.39. The summed E-state index contributed by atoms with van der Waals surface area (Å²) in [4.78, 5) is 31.5. The molecule has 2 amide bonds. The fourth-order valence-corrected chi connectivity index (χ4v) is 5.68. The van der Waals surface area contributed by atoms with Crippen LogP contribution in [0.15, 0.2) is 36.4 Å². The summed E-state index contributed by atoms with van der Waals surface area (Å²) in [5.74, 6) is 1.92. The van der Waals surface area contributed by atoms with Crippen molar-refractivity contribution in [3.8, 4) is 17.2 Å². The number of hydrogen-bond acceptors (Lipinski definition) is 7. The van der Waals surface area contributed by atoms with Gasteiger partial charge in [0.2, 0.25) is 0 Å². The summed E-state index contributed by atoms with van der Waals surface area (Å²) >= 11 is 6.25. The van der Waals surface area contributed by atoms with Crippen molar-refractivity contribution < 1.29 is 28.5 Å². The highest BCUT2D eigenvalue weighted by Crippen LogP contribution is 2.34. The number of benzene rings is 2. The van der Waals surface area contributed by atoms with E-state index in [9.17, 15) is 9.59 Å². The average molecular weight is 602 g/mol. The number of carbonyl (C=O) groups is 2. The van der Waals surface area contributed by atoms with E-state index in [0.717, 1.165) is 32.4 Å². The molecule has 1 aliphatic heterocycles. The Balaban J connectivity index is 1.48. The molecule has 0 radical (unpaired) electrons. The van der Waals surface area contributed by atoms with Gasteiger partial charge in [0, 0.05) is 69.0 Å². The monoisotopic (exact) mass is 601 g/mol. The molecule has 2 aromatic carbocycles. The second kappa shape index (κ2) is 14.9. The van der Waals surface area contributed by atoms with Crippen molar-refractivity contribution in [1.29, 1.82) is 0 Å². The molecule has 2 fully saturated rings. The van der Waals surface area contributed by atoms with Gasteiger partial charge in [-0.15, -0.1) is 0 Å². The quantitative estimate of drug-likeness (QED) is 0.294. The highest BCUT2D eigenvalue weighted by molar-refractivity contribution is 6.31. The smallest absolute Gasteiger partial charge is 0.257 e. The Labute approximate surface area is 254 Å². The van der Waals surface area contributed by atoms with Gasteiger partial charge in [-0.2, -0.15) is 0 Å². The standard InChI is InChI=1S/C32H44ClN3O6/c1-21(2)35(31(37)22-7-11-29(41-5)30(15-22)42-14-6-13-39-3)19-23-17-34-18-24(23)20-36(26-9-10-26)32(38)27-16-25(33)8-12-28(27)40-4/h7-8,11-12,15-16,21,23-24,26,34H,6,9-10,13-14,17-20H2,1-5H3/t23-,24-/m0/s1. The van der Waals surface area contributed by atoms with Gasteiger partial charge in [-0.1, -0.05) is 11.6 Å². The maximum Gasteiger partial charge on any atom is 0.257 e. The Morgan fingerprint density at radius 2 is 1.60 bits per heavy atom. The van der Waals surface area contributed by atoms with E-state index in [-0.39, 0.29) is 35.7 Å². The molecule has 230 valence electrons. The minimum atomic E-state index is -0.0597. The largest absolute Gasteiger partial charge is 0.496 e. The van der Waals surface area contributed by atoms with Crippen LogP contribution >= 0.6 is 11.6 Å². The number of ether oxygens (including phenoxy) is 4. The van der Waals surface area contributed by atoms with Gasteiger partial charge in [0.25, 0.3) is 11.8 Å². The lowest BCUT2D eigenvalue weighted by Gasteiger charge is -2.34. The van der Waals surface area contributed by atoms with Crippen molar-refractivity contribution in [1.82, 2.24) is 15.1 Å². The number of nitrogens with zero attached hydrogens (tertiary/aromatic N) is 2. The van der Waals surface area contributed by atoms with Gasteiger partial charge in [0.05, 0.1) is 26.4 Å². The number of carbonyl (C=O) groups excluding carboxylic acids is 2. The Morgan fingerprint density at radius 1 is 0.905 bits per heavy atom. The molecule has 4 rings (SSSR count). The van der Waals surface area contributed by atoms with Crippen LogP contribution in [0.1, 0.15) is 53.8 Å². The molecule has 1 N–H and O–H groups in total. The summed E-state index contributed by atoms with van der Waals surface area (Å²) in [7, 11) is 4.81. The third-order valence-electron chi connectivity index (χ3n) is 8.03. The maximum atomic E-state index is 13.8. The average Bonchev–Trinajstić information content (AvgIpc) is 3.74. The van der Waals surface area contributed by atoms with Gasteiger partial charge in [0.1, 0.15) is 5.75 Å². The predicted molar refractivity (Wildman–Crippen MR) is 163 cm³/mol. The second-order valence-electron chi connectivity index (χ2n) is 11.3. The van der Waals surface area contributed by atoms with Crippen molar-refractivity contribution in [3.05, 3.63) is 52.5 Å². The lowest BCUT2D eigenvalue weighted by molar-refractivity contribution is 0.0611. The van der Waals surface area contributed by atoms with E-state index < -0.39 is 0 Å². The molecular weight excluding hydrogens is 558 g/mol. The number of nitrogens with one attached hydrogen (secondary N) is 1. The second-order valence-corrected chi connectivity index (χ2v) is 11.8. The van der Waals surface area contributed by atoms with Crippen LogP contribution in [-0.4, -0.2) is 94.4 Å². The molecule has 1 saturated heterocycles. The van der Waals surface area contributed by atoms with Crippen molar-refractivity contribution in [3.63, 3.8) is 0 Å². The fraction of sp³-hybridized carbons (Fsp3) is 0.562. The Hall–Kier alpha value is -3.01. The van der Waals surface area contributed by atoms with Gasteiger partial charge in [-0.05, 0) is 74.9 Å². The van der Waals surface area contributed by atoms with Gasteiger partial charge >= 0.3 is 0 Å². The maximum absolute atomic E-state index is 13.8. The number of amides is 2. The predicted octanol–water partition coefficient (Wildman–Crippen LogP) is 4.76. The van der Waals surface area contributed by atoms with Crippen LogP contribution in [0, 0.1) is 11.8 Å². The van der Waals surface area contributed by atoms with Gasteiger partial charge in [0.15, 0.2) is 11.5 Å². The first-order chi connectivity index (χ1) is 20.3. The third-order valence-corrected chi connectivity index (χ3v) is 8.26. The molecule has 42 heavy (non-hydrogen) atoms. The van der Waals surface area contributed by atoms with Crippen LogP contribution in [0.4, 0.5) is 0 Å². The Bertz CT molecular complexity index is 1220. The Morgan fingerprint density at radius 3 is 2.24 bits per heavy atom. The van der Waals surface area contributed by atoms with Crippen LogP contribution in [0.3, 0.4) is 0 Å². The molecule has 0 unspecified atom stereocenters. The van der Waals surface area contributed by atoms with Crippen molar-refractivity contribution >= 4 is 23.4 Å². The third kappa shape index (κ3) is 7.88. The molecular formula is C32H44ClN3O6. The first-order valence-electron chi connectivity index (χ1n) is 14.7. The lowest BCUT2D eigenvalue weighted by Crippen LogP contribution is -2.45. The van der Waals surface area contributed by atoms with Gasteiger partial charge in [-0.25, -0.2) is 0 Å². The van der Waals surface area contributed by atoms with Crippen LogP contribution in [-0.2, 0) is 4.74 Å². The summed E-state index contributed by atoms with van der Waals surface area (Å²) in [6.07, 6.45) is 2.71. The summed E-state index contributed by atoms with van der Waals surface area (Å²) in [6.45, 7) is 7.88. The van der Waals surface area contributed by atoms with Crippen molar-refractivity contribution in [2.75, 3.05) is 60.7 Å². The minimum absolute atomic E-state index is 0.0104. The molecule has 0 bridgehead atoms. The summed E-state index contributed by atoms with van der Waals surface area (Å²) in [5, 5.41) is 4.01. The first kappa shape index (κ1) is 31.9. The van der Waals surface area contributed by atoms with Crippen molar-refractivity contribution in [2.24, 2.45) is 11.8 Å². The van der Waals surface area contributed by atoms with E-state index in [1.165, 1.54) is 0 Å². The summed E-state index contributed by atoms with van der Waals surface area (Å²) < 4.78 is 22.0. The van der Waals surface area contributed by atoms with E-state index in [0.29, 0.717) is 59.7 Å². The molecule has 9 nitrogen and oxygen atoms in total. The van der Waals surface area contributed by atoms with E-state index in [1.54, 1.807) is 57.7 Å². The molecule has 1 saturated carbocycles. The van der Waals surface area contributed by atoms with E-state index in [2.05, 4.69) is 5.32 Å². The minimum Gasteiger partial charge on any atom is -0.496 e. The topological polar surface area (TPSA) is 89.6 Å². The fourth-order valence-electron chi connectivity index (χ4n) is 5.51. The van der Waals surface area contributed by atoms with E-state index in [1.807, 2.05) is 23.6 Å². The van der Waals surface area contributed by atoms with Gasteiger partial charge < -0.3 is 34.1 Å². The molecule has 10 heteroatoms. The zero-order valence-electron chi connectivity index (χ0n) is 25.4. The van der Waals surface area contributed by atoms with E-state index >= 15 is 0 Å². The normalized spacial score (nSPS) is 18.2. The molecule has 1 aliphatic carbocycles. The number of methoxy groups -OCH3 is 3. The van der Waals surface area contributed by atoms with Crippen LogP contribution in [0.5, 0.6) is 17.2 Å². The Kier molecular flexibility index (Phi) is 11.4. The van der Waals surface area contributed by atoms with E-state index in [4.69, 9.17) is 30.5 Å². The molecule has 0 spiro atoms. The molecule has 2 aliphatic rings. The SMILES string of the molecule is COCCCOc1cc(C(=O)N(C[C@@H]2CNC[C@H]2CN(C(=O)c2cc(Cl)ccc2OC)C2CC2)C(C)C)ccc1OC. The number of hydrogen-bond donors (Lipinski definition) is 1. The molecule has 0 aromatic heterocycles. The number of halogens is 1. The van der Waals surface area contributed by atoms with Gasteiger partial charge in [-0.3, -0.25) is 9.59 Å². The number of rotatable bonds is 15.